The van der Waals surface area contributed by atoms with Crippen LogP contribution in [0.15, 0.2) is 16.6 Å². The first-order valence-electron chi connectivity index (χ1n) is 6.35. The summed E-state index contributed by atoms with van der Waals surface area (Å²) >= 11 is 3.55. The molecule has 3 rings (SSSR count). The van der Waals surface area contributed by atoms with E-state index in [4.69, 9.17) is 9.47 Å². The third-order valence-corrected chi connectivity index (χ3v) is 4.43. The standard InChI is InChI=1S/C14H15BrO3/c15-11-7-14-13(17-8-18-14)6-10(11)5-9-3-1-2-4-12(9)16/h6-7,9H,1-5,8H2. The average molecular weight is 311 g/mol. The SMILES string of the molecule is O=C1CCCCC1Cc1cc2c(cc1Br)OCO2. The van der Waals surface area contributed by atoms with Crippen molar-refractivity contribution in [1.82, 2.24) is 0 Å². The number of fused-ring (bicyclic) bond motifs is 1. The van der Waals surface area contributed by atoms with E-state index < -0.39 is 0 Å². The molecule has 4 heteroatoms. The zero-order valence-electron chi connectivity index (χ0n) is 10.1. The van der Waals surface area contributed by atoms with Crippen LogP contribution in [0.2, 0.25) is 0 Å². The van der Waals surface area contributed by atoms with Gasteiger partial charge in [-0.05, 0) is 37.0 Å². The highest BCUT2D eigenvalue weighted by Gasteiger charge is 2.24. The van der Waals surface area contributed by atoms with Crippen LogP contribution in [0.4, 0.5) is 0 Å². The van der Waals surface area contributed by atoms with E-state index in [0.717, 1.165) is 47.2 Å². The maximum absolute atomic E-state index is 11.9. The van der Waals surface area contributed by atoms with Crippen molar-refractivity contribution in [3.05, 3.63) is 22.2 Å². The molecule has 2 aliphatic rings. The van der Waals surface area contributed by atoms with Crippen molar-refractivity contribution in [3.8, 4) is 11.5 Å². The number of hydrogen-bond donors (Lipinski definition) is 0. The largest absolute Gasteiger partial charge is 0.454 e. The molecule has 1 fully saturated rings. The summed E-state index contributed by atoms with van der Waals surface area (Å²) in [7, 11) is 0. The van der Waals surface area contributed by atoms with Gasteiger partial charge in [-0.15, -0.1) is 0 Å². The summed E-state index contributed by atoms with van der Waals surface area (Å²) < 4.78 is 11.7. The Balaban J connectivity index is 1.82. The molecule has 0 spiro atoms. The van der Waals surface area contributed by atoms with Crippen LogP contribution in [0.3, 0.4) is 0 Å². The summed E-state index contributed by atoms with van der Waals surface area (Å²) in [6.45, 7) is 0.285. The first-order valence-corrected chi connectivity index (χ1v) is 7.14. The van der Waals surface area contributed by atoms with Crippen LogP contribution in [0, 0.1) is 5.92 Å². The second kappa shape index (κ2) is 4.92. The fourth-order valence-electron chi connectivity index (χ4n) is 2.65. The highest BCUT2D eigenvalue weighted by Crippen LogP contribution is 2.38. The smallest absolute Gasteiger partial charge is 0.231 e. The third kappa shape index (κ3) is 2.26. The Hall–Kier alpha value is -1.03. The van der Waals surface area contributed by atoms with Gasteiger partial charge in [-0.25, -0.2) is 0 Å². The highest BCUT2D eigenvalue weighted by atomic mass is 79.9. The topological polar surface area (TPSA) is 35.5 Å². The number of rotatable bonds is 2. The van der Waals surface area contributed by atoms with E-state index in [-0.39, 0.29) is 12.7 Å². The Morgan fingerprint density at radius 3 is 2.78 bits per heavy atom. The molecule has 1 unspecified atom stereocenters. The second-order valence-electron chi connectivity index (χ2n) is 4.91. The maximum Gasteiger partial charge on any atom is 0.231 e. The van der Waals surface area contributed by atoms with Gasteiger partial charge in [0, 0.05) is 16.8 Å². The monoisotopic (exact) mass is 310 g/mol. The Bertz CT molecular complexity index is 484. The molecule has 0 saturated heterocycles. The molecule has 1 aromatic carbocycles. The Kier molecular flexibility index (Phi) is 3.29. The molecule has 1 aliphatic heterocycles. The van der Waals surface area contributed by atoms with Gasteiger partial charge in [-0.2, -0.15) is 0 Å². The predicted molar refractivity (Wildman–Crippen MR) is 70.9 cm³/mol. The third-order valence-electron chi connectivity index (χ3n) is 3.69. The Morgan fingerprint density at radius 1 is 1.22 bits per heavy atom. The van der Waals surface area contributed by atoms with Crippen LogP contribution in [0.5, 0.6) is 11.5 Å². The summed E-state index contributed by atoms with van der Waals surface area (Å²) in [5.74, 6) is 2.15. The molecule has 18 heavy (non-hydrogen) atoms. The molecule has 0 N–H and O–H groups in total. The molecule has 96 valence electrons. The van der Waals surface area contributed by atoms with Crippen molar-refractivity contribution >= 4 is 21.7 Å². The second-order valence-corrected chi connectivity index (χ2v) is 5.76. The lowest BCUT2D eigenvalue weighted by Gasteiger charge is -2.21. The van der Waals surface area contributed by atoms with Gasteiger partial charge < -0.3 is 9.47 Å². The number of ketones is 1. The summed E-state index contributed by atoms with van der Waals surface area (Å²) in [5.41, 5.74) is 1.14. The number of benzene rings is 1. The fourth-order valence-corrected chi connectivity index (χ4v) is 3.14. The van der Waals surface area contributed by atoms with Crippen LogP contribution in [0.25, 0.3) is 0 Å². The first-order chi connectivity index (χ1) is 8.74. The van der Waals surface area contributed by atoms with E-state index in [1.54, 1.807) is 0 Å². The normalized spacial score (nSPS) is 22.3. The number of halogens is 1. The van der Waals surface area contributed by atoms with Gasteiger partial charge >= 0.3 is 0 Å². The van der Waals surface area contributed by atoms with Crippen molar-refractivity contribution in [2.45, 2.75) is 32.1 Å². The molecular formula is C14H15BrO3. The van der Waals surface area contributed by atoms with E-state index >= 15 is 0 Å². The summed E-state index contributed by atoms with van der Waals surface area (Å²) in [6, 6.07) is 3.93. The Labute approximate surface area is 115 Å². The molecule has 3 nitrogen and oxygen atoms in total. The number of carbonyl (C=O) groups is 1. The number of hydrogen-bond acceptors (Lipinski definition) is 3. The molecular weight excluding hydrogens is 296 g/mol. The molecule has 1 saturated carbocycles. The zero-order chi connectivity index (χ0) is 12.5. The summed E-state index contributed by atoms with van der Waals surface area (Å²) in [6.07, 6.45) is 4.78. The maximum atomic E-state index is 11.9. The molecule has 0 radical (unpaired) electrons. The van der Waals surface area contributed by atoms with Crippen molar-refractivity contribution < 1.29 is 14.3 Å². The van der Waals surface area contributed by atoms with E-state index in [1.807, 2.05) is 12.1 Å². The van der Waals surface area contributed by atoms with E-state index in [0.29, 0.717) is 5.78 Å². The van der Waals surface area contributed by atoms with Crippen LogP contribution >= 0.6 is 15.9 Å². The minimum Gasteiger partial charge on any atom is -0.454 e. The number of Topliss-reactive ketones (excluding diaryl/α,β-unsaturated/α-hetero) is 1. The summed E-state index contributed by atoms with van der Waals surface area (Å²) in [4.78, 5) is 11.9. The van der Waals surface area contributed by atoms with Crippen molar-refractivity contribution in [2.24, 2.45) is 5.92 Å². The van der Waals surface area contributed by atoms with Crippen molar-refractivity contribution in [3.63, 3.8) is 0 Å². The van der Waals surface area contributed by atoms with E-state index in [1.165, 1.54) is 6.42 Å². The molecule has 1 aromatic rings. The first kappa shape index (κ1) is 12.0. The van der Waals surface area contributed by atoms with Gasteiger partial charge in [0.2, 0.25) is 6.79 Å². The molecule has 1 aliphatic carbocycles. The minimum atomic E-state index is 0.176. The van der Waals surface area contributed by atoms with Gasteiger partial charge in [0.1, 0.15) is 5.78 Å². The van der Waals surface area contributed by atoms with Crippen molar-refractivity contribution in [1.29, 1.82) is 0 Å². The molecule has 1 atom stereocenters. The Morgan fingerprint density at radius 2 is 2.00 bits per heavy atom. The van der Waals surface area contributed by atoms with Gasteiger partial charge in [-0.3, -0.25) is 4.79 Å². The van der Waals surface area contributed by atoms with Crippen LogP contribution < -0.4 is 9.47 Å². The molecule has 0 amide bonds. The average Bonchev–Trinajstić information content (AvgIpc) is 2.79. The lowest BCUT2D eigenvalue weighted by molar-refractivity contribution is -0.124. The number of carbonyl (C=O) groups excluding carboxylic acids is 1. The van der Waals surface area contributed by atoms with E-state index in [2.05, 4.69) is 15.9 Å². The molecule has 0 aromatic heterocycles. The lowest BCUT2D eigenvalue weighted by atomic mass is 9.84. The lowest BCUT2D eigenvalue weighted by Crippen LogP contribution is -2.21. The van der Waals surface area contributed by atoms with Crippen LogP contribution in [0.1, 0.15) is 31.2 Å². The minimum absolute atomic E-state index is 0.176. The fraction of sp³-hybridized carbons (Fsp3) is 0.500. The van der Waals surface area contributed by atoms with Crippen LogP contribution in [-0.2, 0) is 11.2 Å². The zero-order valence-corrected chi connectivity index (χ0v) is 11.7. The van der Waals surface area contributed by atoms with Gasteiger partial charge in [-0.1, -0.05) is 22.4 Å². The quantitative estimate of drug-likeness (QED) is 0.839. The van der Waals surface area contributed by atoms with Crippen molar-refractivity contribution in [2.75, 3.05) is 6.79 Å². The molecule has 0 bridgehead atoms. The van der Waals surface area contributed by atoms with Crippen LogP contribution in [-0.4, -0.2) is 12.6 Å². The van der Waals surface area contributed by atoms with Gasteiger partial charge in [0.15, 0.2) is 11.5 Å². The molecule has 1 heterocycles. The van der Waals surface area contributed by atoms with E-state index in [9.17, 15) is 4.79 Å². The number of ether oxygens (including phenoxy) is 2. The van der Waals surface area contributed by atoms with Gasteiger partial charge in [0.25, 0.3) is 0 Å². The van der Waals surface area contributed by atoms with Gasteiger partial charge in [0.05, 0.1) is 0 Å². The predicted octanol–water partition coefficient (Wildman–Crippen LogP) is 3.48. The summed E-state index contributed by atoms with van der Waals surface area (Å²) in [5, 5.41) is 0. The highest BCUT2D eigenvalue weighted by molar-refractivity contribution is 9.10.